The smallest absolute Gasteiger partial charge is 0.211 e. The highest BCUT2D eigenvalue weighted by Gasteiger charge is 2.57. The third-order valence-corrected chi connectivity index (χ3v) is 6.48. The number of fused-ring (bicyclic) bond motifs is 2. The quantitative estimate of drug-likeness (QED) is 0.662. The van der Waals surface area contributed by atoms with Gasteiger partial charge >= 0.3 is 0 Å². The van der Waals surface area contributed by atoms with Crippen LogP contribution in [0.3, 0.4) is 0 Å². The molecule has 0 radical (unpaired) electrons. The minimum absolute atomic E-state index is 0.0128. The van der Waals surface area contributed by atoms with Crippen LogP contribution < -0.4 is 14.4 Å². The highest BCUT2D eigenvalue weighted by Crippen LogP contribution is 2.55. The van der Waals surface area contributed by atoms with E-state index in [9.17, 15) is 10.2 Å². The number of ether oxygens (including phenoxy) is 2. The van der Waals surface area contributed by atoms with Crippen LogP contribution in [0, 0.1) is 0 Å². The maximum absolute atomic E-state index is 10.2. The van der Waals surface area contributed by atoms with Crippen LogP contribution in [0.25, 0.3) is 11.8 Å². The summed E-state index contributed by atoms with van der Waals surface area (Å²) in [5, 5.41) is 20.3. The lowest BCUT2D eigenvalue weighted by molar-refractivity contribution is 0.0579. The first kappa shape index (κ1) is 18.5. The van der Waals surface area contributed by atoms with Crippen molar-refractivity contribution in [2.24, 2.45) is 0 Å². The molecule has 5 rings (SSSR count). The number of likely N-dealkylation sites (N-methyl/N-ethyl adjacent to an activating group) is 1. The lowest BCUT2D eigenvalue weighted by atomic mass is 9.76. The van der Waals surface area contributed by atoms with E-state index in [0.29, 0.717) is 5.69 Å². The average Bonchev–Trinajstić information content (AvgIpc) is 3.15. The van der Waals surface area contributed by atoms with Gasteiger partial charge in [0.2, 0.25) is 5.72 Å². The molecule has 2 aromatic carbocycles. The summed E-state index contributed by atoms with van der Waals surface area (Å²) in [4.78, 5) is 2.14. The van der Waals surface area contributed by atoms with Crippen molar-refractivity contribution in [3.05, 3.63) is 65.7 Å². The number of methoxy groups -OCH3 is 1. The van der Waals surface area contributed by atoms with Crippen molar-refractivity contribution in [2.45, 2.75) is 25.0 Å². The second kappa shape index (κ2) is 5.98. The summed E-state index contributed by atoms with van der Waals surface area (Å²) in [6.07, 6.45) is 4.19. The monoisotopic (exact) mass is 404 g/mol. The molecule has 0 amide bonds. The predicted molar refractivity (Wildman–Crippen MR) is 116 cm³/mol. The number of aromatic hydroxyl groups is 2. The molecule has 1 atom stereocenters. The van der Waals surface area contributed by atoms with Crippen molar-refractivity contribution < 1.29 is 19.7 Å². The third-order valence-electron chi connectivity index (χ3n) is 6.48. The molecule has 6 heteroatoms. The molecule has 0 fully saturated rings. The van der Waals surface area contributed by atoms with E-state index in [2.05, 4.69) is 30.9 Å². The Morgan fingerprint density at radius 3 is 2.40 bits per heavy atom. The fraction of sp³-hybridized carbons (Fsp3) is 0.250. The highest BCUT2D eigenvalue weighted by atomic mass is 16.5. The molecule has 2 aliphatic rings. The van der Waals surface area contributed by atoms with Gasteiger partial charge in [0.15, 0.2) is 11.8 Å². The molecule has 3 heterocycles. The van der Waals surface area contributed by atoms with Gasteiger partial charge in [-0.15, -0.1) is 0 Å². The molecule has 154 valence electrons. The summed E-state index contributed by atoms with van der Waals surface area (Å²) in [6, 6.07) is 14.6. The Morgan fingerprint density at radius 1 is 0.967 bits per heavy atom. The molecule has 0 saturated carbocycles. The molecule has 2 aliphatic heterocycles. The van der Waals surface area contributed by atoms with E-state index in [1.807, 2.05) is 43.4 Å². The van der Waals surface area contributed by atoms with Crippen LogP contribution >= 0.6 is 0 Å². The minimum atomic E-state index is -0.728. The van der Waals surface area contributed by atoms with Crippen molar-refractivity contribution in [1.29, 1.82) is 0 Å². The Kier molecular flexibility index (Phi) is 3.69. The zero-order valence-corrected chi connectivity index (χ0v) is 17.4. The Morgan fingerprint density at radius 2 is 1.70 bits per heavy atom. The van der Waals surface area contributed by atoms with Gasteiger partial charge in [-0.3, -0.25) is 4.57 Å². The summed E-state index contributed by atoms with van der Waals surface area (Å²) in [6.45, 7) is 4.29. The summed E-state index contributed by atoms with van der Waals surface area (Å²) in [7, 11) is 3.67. The van der Waals surface area contributed by atoms with Crippen molar-refractivity contribution in [3.8, 4) is 28.9 Å². The zero-order valence-electron chi connectivity index (χ0n) is 17.4. The number of anilines is 1. The Labute approximate surface area is 175 Å². The Bertz CT molecular complexity index is 1170. The number of benzene rings is 2. The van der Waals surface area contributed by atoms with Crippen LogP contribution in [-0.4, -0.2) is 34.7 Å². The predicted octanol–water partition coefficient (Wildman–Crippen LogP) is 4.43. The first-order chi connectivity index (χ1) is 14.3. The molecule has 6 nitrogen and oxygen atoms in total. The van der Waals surface area contributed by atoms with Crippen LogP contribution in [0.4, 0.5) is 5.69 Å². The summed E-state index contributed by atoms with van der Waals surface area (Å²) >= 11 is 0. The number of rotatable bonds is 2. The molecule has 1 aromatic heterocycles. The van der Waals surface area contributed by atoms with E-state index in [1.165, 1.54) is 16.7 Å². The molecule has 0 aliphatic carbocycles. The molecule has 0 bridgehead atoms. The second-order valence-electron chi connectivity index (χ2n) is 8.31. The summed E-state index contributed by atoms with van der Waals surface area (Å²) < 4.78 is 13.5. The van der Waals surface area contributed by atoms with Crippen molar-refractivity contribution in [1.82, 2.24) is 4.57 Å². The van der Waals surface area contributed by atoms with Gasteiger partial charge in [0.25, 0.3) is 0 Å². The molecule has 3 aromatic rings. The number of hydrogen-bond acceptors (Lipinski definition) is 5. The van der Waals surface area contributed by atoms with Crippen LogP contribution in [-0.2, 0) is 5.41 Å². The van der Waals surface area contributed by atoms with Crippen molar-refractivity contribution in [3.63, 3.8) is 0 Å². The average molecular weight is 404 g/mol. The molecule has 1 unspecified atom stereocenters. The summed E-state index contributed by atoms with van der Waals surface area (Å²) in [5.41, 5.74) is 2.63. The van der Waals surface area contributed by atoms with Gasteiger partial charge in [-0.25, -0.2) is 0 Å². The maximum Gasteiger partial charge on any atom is 0.211 e. The highest BCUT2D eigenvalue weighted by molar-refractivity contribution is 5.73. The fourth-order valence-electron chi connectivity index (χ4n) is 4.72. The molecular weight excluding hydrogens is 380 g/mol. The van der Waals surface area contributed by atoms with E-state index in [-0.39, 0.29) is 11.8 Å². The van der Waals surface area contributed by atoms with Gasteiger partial charge < -0.3 is 24.6 Å². The molecular formula is C24H24N2O4. The second-order valence-corrected chi connectivity index (χ2v) is 8.31. The van der Waals surface area contributed by atoms with Crippen LogP contribution in [0.2, 0.25) is 0 Å². The van der Waals surface area contributed by atoms with Gasteiger partial charge in [0.05, 0.1) is 18.2 Å². The SMILES string of the molecule is COc1ccc2c(c1)OC1(C=C2)N(C)c2ccc(-n3c(O)ccc3O)cc2C1(C)C. The van der Waals surface area contributed by atoms with E-state index in [4.69, 9.17) is 9.47 Å². The topological polar surface area (TPSA) is 67.1 Å². The standard InChI is InChI=1S/C24H24N2O4/c1-23(2)18-13-16(26-21(27)9-10-22(26)28)6-8-19(18)25(3)24(23)12-11-15-5-7-17(29-4)14-20(15)30-24/h5-14,27-28H,1-4H3. The lowest BCUT2D eigenvalue weighted by Crippen LogP contribution is -2.58. The number of aromatic nitrogens is 1. The Hall–Kier alpha value is -3.54. The number of hydrogen-bond donors (Lipinski definition) is 2. The third kappa shape index (κ3) is 2.24. The normalized spacial score (nSPS) is 20.7. The van der Waals surface area contributed by atoms with Gasteiger partial charge in [-0.1, -0.05) is 0 Å². The molecule has 2 N–H and O–H groups in total. The van der Waals surface area contributed by atoms with Crippen LogP contribution in [0.5, 0.6) is 23.3 Å². The van der Waals surface area contributed by atoms with Crippen molar-refractivity contribution >= 4 is 11.8 Å². The Balaban J connectivity index is 1.64. The van der Waals surface area contributed by atoms with Crippen molar-refractivity contribution in [2.75, 3.05) is 19.1 Å². The van der Waals surface area contributed by atoms with Crippen LogP contribution in [0.1, 0.15) is 25.0 Å². The van der Waals surface area contributed by atoms with E-state index >= 15 is 0 Å². The van der Waals surface area contributed by atoms with Gasteiger partial charge in [-0.2, -0.15) is 0 Å². The van der Waals surface area contributed by atoms with Gasteiger partial charge in [-0.05, 0) is 61.9 Å². The van der Waals surface area contributed by atoms with E-state index in [1.54, 1.807) is 7.11 Å². The lowest BCUT2D eigenvalue weighted by Gasteiger charge is -2.45. The molecule has 0 saturated heterocycles. The van der Waals surface area contributed by atoms with Crippen LogP contribution in [0.15, 0.2) is 54.6 Å². The first-order valence-corrected chi connectivity index (χ1v) is 9.83. The number of nitrogens with zero attached hydrogens (tertiary/aromatic N) is 2. The van der Waals surface area contributed by atoms with Gasteiger partial charge in [0, 0.05) is 36.5 Å². The fourth-order valence-corrected chi connectivity index (χ4v) is 4.72. The van der Waals surface area contributed by atoms with Gasteiger partial charge in [0.1, 0.15) is 11.5 Å². The van der Waals surface area contributed by atoms with E-state index in [0.717, 1.165) is 28.3 Å². The zero-order chi connectivity index (χ0) is 21.3. The first-order valence-electron chi connectivity index (χ1n) is 9.83. The largest absolute Gasteiger partial charge is 0.497 e. The summed E-state index contributed by atoms with van der Waals surface area (Å²) in [5.74, 6) is 1.49. The molecule has 1 spiro atoms. The maximum atomic E-state index is 10.2. The minimum Gasteiger partial charge on any atom is -0.497 e. The molecule has 30 heavy (non-hydrogen) atoms. The van der Waals surface area contributed by atoms with E-state index < -0.39 is 11.1 Å².